The molecule has 6 heteroatoms. The van der Waals surface area contributed by atoms with Crippen molar-refractivity contribution in [3.63, 3.8) is 0 Å². The van der Waals surface area contributed by atoms with Crippen molar-refractivity contribution in [2.75, 3.05) is 0 Å². The van der Waals surface area contributed by atoms with Crippen LogP contribution in [0, 0.1) is 27.3 Å². The highest BCUT2D eigenvalue weighted by atomic mass is 19.1. The molecule has 2 aromatic rings. The maximum atomic E-state index is 13.5. The number of hydrogen-bond donors (Lipinski definition) is 0. The van der Waals surface area contributed by atoms with Gasteiger partial charge in [-0.2, -0.15) is 5.26 Å². The lowest BCUT2D eigenvalue weighted by atomic mass is 10.1. The second-order valence-electron chi connectivity index (χ2n) is 3.93. The zero-order valence-corrected chi connectivity index (χ0v) is 10.2. The van der Waals surface area contributed by atoms with Crippen LogP contribution in [-0.2, 0) is 6.61 Å². The Morgan fingerprint density at radius 3 is 2.75 bits per heavy atom. The molecular formula is C14H9FN2O3. The van der Waals surface area contributed by atoms with Gasteiger partial charge in [-0.05, 0) is 24.3 Å². The predicted molar refractivity (Wildman–Crippen MR) is 68.5 cm³/mol. The summed E-state index contributed by atoms with van der Waals surface area (Å²) < 4.78 is 18.8. The number of nitro benzene ring substituents is 1. The van der Waals surface area contributed by atoms with Crippen molar-refractivity contribution in [1.82, 2.24) is 0 Å². The summed E-state index contributed by atoms with van der Waals surface area (Å²) in [5, 5.41) is 19.6. The van der Waals surface area contributed by atoms with Crippen LogP contribution < -0.4 is 4.74 Å². The van der Waals surface area contributed by atoms with Crippen LogP contribution >= 0.6 is 0 Å². The van der Waals surface area contributed by atoms with E-state index < -0.39 is 10.7 Å². The van der Waals surface area contributed by atoms with Crippen molar-refractivity contribution in [2.24, 2.45) is 0 Å². The molecule has 0 bridgehead atoms. The Kier molecular flexibility index (Phi) is 3.91. The first-order chi connectivity index (χ1) is 9.61. The van der Waals surface area contributed by atoms with Crippen LogP contribution in [0.25, 0.3) is 0 Å². The van der Waals surface area contributed by atoms with Crippen LogP contribution in [-0.4, -0.2) is 4.92 Å². The molecule has 0 saturated heterocycles. The minimum absolute atomic E-state index is 0.0549. The number of benzene rings is 2. The fourth-order valence-corrected chi connectivity index (χ4v) is 1.64. The molecule has 0 N–H and O–H groups in total. The van der Waals surface area contributed by atoms with E-state index in [-0.39, 0.29) is 23.6 Å². The molecule has 0 amide bonds. The smallest absolute Gasteiger partial charge is 0.310 e. The van der Waals surface area contributed by atoms with Gasteiger partial charge in [-0.3, -0.25) is 10.1 Å². The van der Waals surface area contributed by atoms with E-state index in [2.05, 4.69) is 0 Å². The van der Waals surface area contributed by atoms with Crippen LogP contribution in [0.3, 0.4) is 0 Å². The van der Waals surface area contributed by atoms with Crippen molar-refractivity contribution in [2.45, 2.75) is 6.61 Å². The van der Waals surface area contributed by atoms with Crippen molar-refractivity contribution in [1.29, 1.82) is 5.26 Å². The van der Waals surface area contributed by atoms with Crippen LogP contribution in [0.15, 0.2) is 42.5 Å². The van der Waals surface area contributed by atoms with Crippen LogP contribution in [0.5, 0.6) is 5.75 Å². The summed E-state index contributed by atoms with van der Waals surface area (Å²) in [7, 11) is 0. The van der Waals surface area contributed by atoms with Gasteiger partial charge >= 0.3 is 5.69 Å². The zero-order valence-electron chi connectivity index (χ0n) is 10.2. The first-order valence-corrected chi connectivity index (χ1v) is 5.66. The monoisotopic (exact) mass is 272 g/mol. The number of hydrogen-bond acceptors (Lipinski definition) is 4. The summed E-state index contributed by atoms with van der Waals surface area (Å²) in [5.74, 6) is -0.471. The molecular weight excluding hydrogens is 263 g/mol. The van der Waals surface area contributed by atoms with Crippen molar-refractivity contribution in [3.8, 4) is 11.8 Å². The molecule has 0 spiro atoms. The van der Waals surface area contributed by atoms with Gasteiger partial charge in [0.15, 0.2) is 5.75 Å². The Morgan fingerprint density at radius 2 is 2.05 bits per heavy atom. The molecule has 0 fully saturated rings. The Labute approximate surface area is 114 Å². The number of rotatable bonds is 4. The van der Waals surface area contributed by atoms with E-state index >= 15 is 0 Å². The normalized spacial score (nSPS) is 9.80. The molecule has 2 aromatic carbocycles. The molecule has 0 aliphatic rings. The molecule has 5 nitrogen and oxygen atoms in total. The third kappa shape index (κ3) is 2.90. The molecule has 0 aliphatic heterocycles. The Bertz CT molecular complexity index is 695. The molecule has 0 unspecified atom stereocenters. The van der Waals surface area contributed by atoms with Gasteiger partial charge in [0.05, 0.1) is 16.6 Å². The second kappa shape index (κ2) is 5.80. The lowest BCUT2D eigenvalue weighted by Gasteiger charge is -2.07. The minimum Gasteiger partial charge on any atom is -0.482 e. The fourth-order valence-electron chi connectivity index (χ4n) is 1.64. The highest BCUT2D eigenvalue weighted by Crippen LogP contribution is 2.27. The molecule has 0 saturated carbocycles. The maximum absolute atomic E-state index is 13.5. The quantitative estimate of drug-likeness (QED) is 0.632. The lowest BCUT2D eigenvalue weighted by Crippen LogP contribution is -2.01. The summed E-state index contributed by atoms with van der Waals surface area (Å²) in [4.78, 5) is 10.2. The third-order valence-electron chi connectivity index (χ3n) is 2.62. The van der Waals surface area contributed by atoms with Gasteiger partial charge in [0, 0.05) is 11.6 Å². The van der Waals surface area contributed by atoms with Gasteiger partial charge in [-0.1, -0.05) is 12.1 Å². The number of halogens is 1. The molecule has 20 heavy (non-hydrogen) atoms. The SMILES string of the molecule is N#Cc1ccc(F)c(COc2ccccc2[N+](=O)[O-])c1. The molecule has 100 valence electrons. The number of ether oxygens (including phenoxy) is 1. The molecule has 0 heterocycles. The summed E-state index contributed by atoms with van der Waals surface area (Å²) in [6, 6.07) is 11.6. The summed E-state index contributed by atoms with van der Waals surface area (Å²) in [6.07, 6.45) is 0. The topological polar surface area (TPSA) is 76.2 Å². The van der Waals surface area contributed by atoms with E-state index in [0.717, 1.165) is 6.07 Å². The summed E-state index contributed by atoms with van der Waals surface area (Å²) in [5.41, 5.74) is 0.277. The Balaban J connectivity index is 2.21. The second-order valence-corrected chi connectivity index (χ2v) is 3.93. The van der Waals surface area contributed by atoms with E-state index in [1.807, 2.05) is 6.07 Å². The lowest BCUT2D eigenvalue weighted by molar-refractivity contribution is -0.385. The molecule has 2 rings (SSSR count). The summed E-state index contributed by atoms with van der Waals surface area (Å²) in [6.45, 7) is -0.188. The molecule has 0 radical (unpaired) electrons. The van der Waals surface area contributed by atoms with Gasteiger partial charge in [-0.25, -0.2) is 4.39 Å². The number of para-hydroxylation sites is 2. The molecule has 0 aromatic heterocycles. The fraction of sp³-hybridized carbons (Fsp3) is 0.0714. The van der Waals surface area contributed by atoms with E-state index in [9.17, 15) is 14.5 Å². The Hall–Kier alpha value is -2.94. The average molecular weight is 272 g/mol. The van der Waals surface area contributed by atoms with Gasteiger partial charge < -0.3 is 4.74 Å². The van der Waals surface area contributed by atoms with Crippen LogP contribution in [0.1, 0.15) is 11.1 Å². The third-order valence-corrected chi connectivity index (χ3v) is 2.62. The van der Waals surface area contributed by atoms with Crippen LogP contribution in [0.4, 0.5) is 10.1 Å². The zero-order chi connectivity index (χ0) is 14.5. The van der Waals surface area contributed by atoms with Crippen molar-refractivity contribution >= 4 is 5.69 Å². The van der Waals surface area contributed by atoms with Gasteiger partial charge in [0.25, 0.3) is 0 Å². The van der Waals surface area contributed by atoms with Gasteiger partial charge in [0.1, 0.15) is 12.4 Å². The van der Waals surface area contributed by atoms with Gasteiger partial charge in [0.2, 0.25) is 0 Å². The molecule has 0 aliphatic carbocycles. The van der Waals surface area contributed by atoms with E-state index in [1.54, 1.807) is 6.07 Å². The number of nitrogens with zero attached hydrogens (tertiary/aromatic N) is 2. The van der Waals surface area contributed by atoms with Gasteiger partial charge in [-0.15, -0.1) is 0 Å². The highest BCUT2D eigenvalue weighted by molar-refractivity contribution is 5.46. The number of nitro groups is 1. The summed E-state index contributed by atoms with van der Waals surface area (Å²) >= 11 is 0. The first-order valence-electron chi connectivity index (χ1n) is 5.66. The van der Waals surface area contributed by atoms with E-state index in [4.69, 9.17) is 10.00 Å². The number of nitriles is 1. The average Bonchev–Trinajstić information content (AvgIpc) is 2.46. The van der Waals surface area contributed by atoms with Crippen molar-refractivity contribution < 1.29 is 14.1 Å². The maximum Gasteiger partial charge on any atom is 0.310 e. The van der Waals surface area contributed by atoms with Crippen molar-refractivity contribution in [3.05, 3.63) is 69.5 Å². The van der Waals surface area contributed by atoms with E-state index in [0.29, 0.717) is 5.56 Å². The standard InChI is InChI=1S/C14H9FN2O3/c15-12-6-5-10(8-16)7-11(12)9-20-14-4-2-1-3-13(14)17(18)19/h1-7H,9H2. The molecule has 0 atom stereocenters. The Morgan fingerprint density at radius 1 is 1.30 bits per heavy atom. The largest absolute Gasteiger partial charge is 0.482 e. The minimum atomic E-state index is -0.572. The predicted octanol–water partition coefficient (Wildman–Crippen LogP) is 3.18. The first kappa shape index (κ1) is 13.5. The van der Waals surface area contributed by atoms with Crippen LogP contribution in [0.2, 0.25) is 0 Å². The van der Waals surface area contributed by atoms with E-state index in [1.165, 1.54) is 30.3 Å². The highest BCUT2D eigenvalue weighted by Gasteiger charge is 2.14.